The molecule has 0 spiro atoms. The van der Waals surface area contributed by atoms with E-state index in [4.69, 9.17) is 0 Å². The fourth-order valence-electron chi connectivity index (χ4n) is 1.74. The molecule has 2 N–H and O–H groups in total. The van der Waals surface area contributed by atoms with Crippen LogP contribution in [0.25, 0.3) is 0 Å². The molecule has 1 amide bonds. The fraction of sp³-hybridized carbons (Fsp3) is 0.923. The Labute approximate surface area is 99.4 Å². The summed E-state index contributed by atoms with van der Waals surface area (Å²) in [6, 6.07) is 0.489. The minimum atomic E-state index is 0.161. The Balaban J connectivity index is 1.75. The molecule has 16 heavy (non-hydrogen) atoms. The average molecular weight is 226 g/mol. The van der Waals surface area contributed by atoms with Crippen molar-refractivity contribution in [3.05, 3.63) is 0 Å². The summed E-state index contributed by atoms with van der Waals surface area (Å²) in [7, 11) is 0. The van der Waals surface area contributed by atoms with Gasteiger partial charge in [-0.05, 0) is 25.8 Å². The van der Waals surface area contributed by atoms with Crippen molar-refractivity contribution in [2.45, 2.75) is 64.3 Å². The zero-order valence-corrected chi connectivity index (χ0v) is 10.6. The van der Waals surface area contributed by atoms with Crippen LogP contribution in [0.1, 0.15) is 58.3 Å². The largest absolute Gasteiger partial charge is 0.352 e. The van der Waals surface area contributed by atoms with Crippen LogP contribution in [0.2, 0.25) is 0 Å². The maximum atomic E-state index is 11.3. The van der Waals surface area contributed by atoms with E-state index in [-0.39, 0.29) is 5.91 Å². The number of unbranched alkanes of at least 4 members (excludes halogenated alkanes) is 5. The van der Waals surface area contributed by atoms with Gasteiger partial charge in [-0.3, -0.25) is 4.79 Å². The molecule has 1 saturated carbocycles. The molecule has 0 aromatic heterocycles. The topological polar surface area (TPSA) is 41.1 Å². The van der Waals surface area contributed by atoms with Crippen molar-refractivity contribution in [3.63, 3.8) is 0 Å². The minimum absolute atomic E-state index is 0.161. The second kappa shape index (κ2) is 8.57. The van der Waals surface area contributed by atoms with Crippen molar-refractivity contribution in [3.8, 4) is 0 Å². The maximum absolute atomic E-state index is 11.3. The number of rotatable bonds is 10. The van der Waals surface area contributed by atoms with Crippen LogP contribution in [0.3, 0.4) is 0 Å². The van der Waals surface area contributed by atoms with Gasteiger partial charge in [0.05, 0.1) is 6.54 Å². The third-order valence-corrected chi connectivity index (χ3v) is 2.94. The highest BCUT2D eigenvalue weighted by molar-refractivity contribution is 5.78. The normalized spacial score (nSPS) is 15.1. The second-order valence-corrected chi connectivity index (χ2v) is 4.79. The first-order valence-electron chi connectivity index (χ1n) is 6.83. The van der Waals surface area contributed by atoms with Crippen LogP contribution in [-0.2, 0) is 4.79 Å². The Bertz CT molecular complexity index is 190. The fourth-order valence-corrected chi connectivity index (χ4v) is 1.74. The molecule has 3 heteroatoms. The van der Waals surface area contributed by atoms with E-state index in [0.29, 0.717) is 12.6 Å². The second-order valence-electron chi connectivity index (χ2n) is 4.79. The van der Waals surface area contributed by atoms with Gasteiger partial charge in [-0.1, -0.05) is 39.0 Å². The summed E-state index contributed by atoms with van der Waals surface area (Å²) in [4.78, 5) is 11.3. The molecule has 0 heterocycles. The Morgan fingerprint density at radius 1 is 1.12 bits per heavy atom. The standard InChI is InChI=1S/C13H26N2O/c1-2-3-4-5-6-7-10-14-11-13(16)15-12-8-9-12/h12,14H,2-11H2,1H3,(H,15,16). The number of hydrogen-bond donors (Lipinski definition) is 2. The number of carbonyl (C=O) groups excluding carboxylic acids is 1. The quantitative estimate of drug-likeness (QED) is 0.561. The van der Waals surface area contributed by atoms with Gasteiger partial charge in [0.2, 0.25) is 5.91 Å². The van der Waals surface area contributed by atoms with Crippen LogP contribution in [0.15, 0.2) is 0 Å². The molecule has 1 fully saturated rings. The monoisotopic (exact) mass is 226 g/mol. The van der Waals surface area contributed by atoms with Crippen LogP contribution in [0.5, 0.6) is 0 Å². The van der Waals surface area contributed by atoms with Gasteiger partial charge in [-0.15, -0.1) is 0 Å². The highest BCUT2D eigenvalue weighted by atomic mass is 16.2. The Kier molecular flexibility index (Phi) is 7.23. The maximum Gasteiger partial charge on any atom is 0.234 e. The van der Waals surface area contributed by atoms with E-state index in [1.54, 1.807) is 0 Å². The molecule has 94 valence electrons. The zero-order valence-electron chi connectivity index (χ0n) is 10.6. The molecule has 0 radical (unpaired) electrons. The van der Waals surface area contributed by atoms with Gasteiger partial charge in [0.15, 0.2) is 0 Å². The van der Waals surface area contributed by atoms with Gasteiger partial charge in [0.25, 0.3) is 0 Å². The van der Waals surface area contributed by atoms with E-state index < -0.39 is 0 Å². The first kappa shape index (κ1) is 13.5. The van der Waals surface area contributed by atoms with Crippen LogP contribution in [0, 0.1) is 0 Å². The molecule has 0 aromatic carbocycles. The van der Waals surface area contributed by atoms with Gasteiger partial charge >= 0.3 is 0 Å². The van der Waals surface area contributed by atoms with Crippen LogP contribution in [0.4, 0.5) is 0 Å². The highest BCUT2D eigenvalue weighted by Gasteiger charge is 2.22. The molecule has 0 bridgehead atoms. The van der Waals surface area contributed by atoms with E-state index in [1.165, 1.54) is 51.4 Å². The molecule has 0 saturated heterocycles. The Morgan fingerprint density at radius 2 is 1.81 bits per heavy atom. The van der Waals surface area contributed by atoms with E-state index >= 15 is 0 Å². The van der Waals surface area contributed by atoms with Gasteiger partial charge < -0.3 is 10.6 Å². The van der Waals surface area contributed by atoms with Crippen LogP contribution < -0.4 is 10.6 Å². The molecule has 0 aromatic rings. The van der Waals surface area contributed by atoms with Gasteiger partial charge in [0, 0.05) is 6.04 Å². The van der Waals surface area contributed by atoms with E-state index in [9.17, 15) is 4.79 Å². The summed E-state index contributed by atoms with van der Waals surface area (Å²) in [6.07, 6.45) is 10.2. The van der Waals surface area contributed by atoms with Crippen LogP contribution in [-0.4, -0.2) is 25.0 Å². The lowest BCUT2D eigenvalue weighted by Gasteiger charge is -2.05. The van der Waals surface area contributed by atoms with Gasteiger partial charge in [-0.2, -0.15) is 0 Å². The summed E-state index contributed by atoms with van der Waals surface area (Å²) >= 11 is 0. The van der Waals surface area contributed by atoms with Crippen molar-refractivity contribution < 1.29 is 4.79 Å². The first-order chi connectivity index (χ1) is 7.83. The molecule has 1 rings (SSSR count). The first-order valence-corrected chi connectivity index (χ1v) is 6.83. The average Bonchev–Trinajstić information content (AvgIpc) is 3.06. The molecule has 0 atom stereocenters. The number of nitrogens with one attached hydrogen (secondary N) is 2. The lowest BCUT2D eigenvalue weighted by molar-refractivity contribution is -0.120. The number of carbonyl (C=O) groups is 1. The smallest absolute Gasteiger partial charge is 0.234 e. The number of hydrogen-bond acceptors (Lipinski definition) is 2. The SMILES string of the molecule is CCCCCCCCNCC(=O)NC1CC1. The van der Waals surface area contributed by atoms with Crippen LogP contribution >= 0.6 is 0 Å². The summed E-state index contributed by atoms with van der Waals surface area (Å²) in [6.45, 7) is 3.70. The van der Waals surface area contributed by atoms with Crippen molar-refractivity contribution >= 4 is 5.91 Å². The van der Waals surface area contributed by atoms with E-state index in [1.807, 2.05) is 0 Å². The summed E-state index contributed by atoms with van der Waals surface area (Å²) < 4.78 is 0. The number of amides is 1. The zero-order chi connectivity index (χ0) is 11.6. The predicted molar refractivity (Wildman–Crippen MR) is 67.4 cm³/mol. The lowest BCUT2D eigenvalue weighted by Crippen LogP contribution is -2.35. The predicted octanol–water partition coefficient (Wildman–Crippen LogP) is 2.22. The molecular formula is C13H26N2O. The third kappa shape index (κ3) is 7.69. The van der Waals surface area contributed by atoms with E-state index in [2.05, 4.69) is 17.6 Å². The molecular weight excluding hydrogens is 200 g/mol. The van der Waals surface area contributed by atoms with Crippen molar-refractivity contribution in [2.24, 2.45) is 0 Å². The van der Waals surface area contributed by atoms with Crippen molar-refractivity contribution in [2.75, 3.05) is 13.1 Å². The summed E-state index contributed by atoms with van der Waals surface area (Å²) in [5, 5.41) is 6.17. The molecule has 3 nitrogen and oxygen atoms in total. The molecule has 0 aliphatic heterocycles. The van der Waals surface area contributed by atoms with Gasteiger partial charge in [0.1, 0.15) is 0 Å². The lowest BCUT2D eigenvalue weighted by atomic mass is 10.1. The minimum Gasteiger partial charge on any atom is -0.352 e. The third-order valence-electron chi connectivity index (χ3n) is 2.94. The molecule has 0 unspecified atom stereocenters. The summed E-state index contributed by atoms with van der Waals surface area (Å²) in [5.41, 5.74) is 0. The highest BCUT2D eigenvalue weighted by Crippen LogP contribution is 2.18. The Hall–Kier alpha value is -0.570. The van der Waals surface area contributed by atoms with Crippen molar-refractivity contribution in [1.29, 1.82) is 0 Å². The van der Waals surface area contributed by atoms with Crippen molar-refractivity contribution in [1.82, 2.24) is 10.6 Å². The molecule has 1 aliphatic rings. The van der Waals surface area contributed by atoms with E-state index in [0.717, 1.165) is 6.54 Å². The molecule has 1 aliphatic carbocycles. The Morgan fingerprint density at radius 3 is 2.50 bits per heavy atom. The van der Waals surface area contributed by atoms with Gasteiger partial charge in [-0.25, -0.2) is 0 Å². The summed E-state index contributed by atoms with van der Waals surface area (Å²) in [5.74, 6) is 0.161.